The van der Waals surface area contributed by atoms with Crippen LogP contribution in [0.4, 0.5) is 0 Å². The molecule has 1 atom stereocenters. The van der Waals surface area contributed by atoms with Crippen molar-refractivity contribution in [3.63, 3.8) is 0 Å². The highest BCUT2D eigenvalue weighted by Gasteiger charge is 2.14. The van der Waals surface area contributed by atoms with Crippen LogP contribution in [-0.4, -0.2) is 20.7 Å². The average molecular weight is 244 g/mol. The van der Waals surface area contributed by atoms with E-state index >= 15 is 0 Å². The van der Waals surface area contributed by atoms with Crippen molar-refractivity contribution in [3.8, 4) is 0 Å². The number of carbonyl (C=O) groups is 1. The van der Waals surface area contributed by atoms with Crippen molar-refractivity contribution in [2.24, 2.45) is 7.05 Å². The highest BCUT2D eigenvalue weighted by molar-refractivity contribution is 5.95. The zero-order chi connectivity index (χ0) is 13.1. The Labute approximate surface area is 106 Å². The molecule has 0 bridgehead atoms. The van der Waals surface area contributed by atoms with Gasteiger partial charge in [-0.05, 0) is 31.5 Å². The molecule has 0 aromatic carbocycles. The minimum Gasteiger partial charge on any atom is -0.344 e. The van der Waals surface area contributed by atoms with E-state index in [1.165, 1.54) is 0 Å². The summed E-state index contributed by atoms with van der Waals surface area (Å²) < 4.78 is 1.72. The van der Waals surface area contributed by atoms with E-state index in [-0.39, 0.29) is 11.9 Å². The van der Waals surface area contributed by atoms with E-state index in [0.717, 1.165) is 11.3 Å². The van der Waals surface area contributed by atoms with Gasteiger partial charge in [-0.25, -0.2) is 0 Å². The normalized spacial score (nSPS) is 12.2. The molecule has 1 N–H and O–H groups in total. The summed E-state index contributed by atoms with van der Waals surface area (Å²) in [6.07, 6.45) is 5.11. The Morgan fingerprint density at radius 1 is 1.44 bits per heavy atom. The maximum Gasteiger partial charge on any atom is 0.253 e. The second-order valence-electron chi connectivity index (χ2n) is 4.30. The second kappa shape index (κ2) is 5.00. The first-order chi connectivity index (χ1) is 8.58. The molecular formula is C13H16N4O. The van der Waals surface area contributed by atoms with Crippen LogP contribution in [0.15, 0.2) is 30.7 Å². The van der Waals surface area contributed by atoms with E-state index in [2.05, 4.69) is 15.4 Å². The van der Waals surface area contributed by atoms with Crippen LogP contribution in [0.1, 0.15) is 34.6 Å². The predicted octanol–water partition coefficient (Wildman–Crippen LogP) is 1.61. The minimum atomic E-state index is -0.127. The lowest BCUT2D eigenvalue weighted by atomic mass is 10.1. The van der Waals surface area contributed by atoms with Crippen molar-refractivity contribution in [1.82, 2.24) is 20.1 Å². The maximum absolute atomic E-state index is 12.1. The Bertz CT molecular complexity index is 562. The first kappa shape index (κ1) is 12.3. The zero-order valence-corrected chi connectivity index (χ0v) is 10.7. The van der Waals surface area contributed by atoms with E-state index in [9.17, 15) is 4.79 Å². The van der Waals surface area contributed by atoms with Crippen molar-refractivity contribution in [2.75, 3.05) is 0 Å². The first-order valence-corrected chi connectivity index (χ1v) is 5.79. The Kier molecular flexibility index (Phi) is 3.41. The van der Waals surface area contributed by atoms with Crippen LogP contribution in [-0.2, 0) is 7.05 Å². The van der Waals surface area contributed by atoms with Gasteiger partial charge >= 0.3 is 0 Å². The molecule has 2 aromatic rings. The Morgan fingerprint density at radius 3 is 2.83 bits per heavy atom. The lowest BCUT2D eigenvalue weighted by Gasteiger charge is -2.12. The number of hydrogen-bond donors (Lipinski definition) is 1. The lowest BCUT2D eigenvalue weighted by Crippen LogP contribution is -2.27. The van der Waals surface area contributed by atoms with Crippen LogP contribution >= 0.6 is 0 Å². The van der Waals surface area contributed by atoms with Crippen molar-refractivity contribution < 1.29 is 4.79 Å². The van der Waals surface area contributed by atoms with E-state index in [1.54, 1.807) is 17.1 Å². The quantitative estimate of drug-likeness (QED) is 0.892. The molecule has 0 aliphatic heterocycles. The number of aryl methyl sites for hydroxylation is 2. The molecule has 5 nitrogen and oxygen atoms in total. The van der Waals surface area contributed by atoms with Gasteiger partial charge in [0.15, 0.2) is 0 Å². The van der Waals surface area contributed by atoms with Crippen LogP contribution in [0, 0.1) is 6.92 Å². The highest BCUT2D eigenvalue weighted by atomic mass is 16.1. The molecule has 0 saturated carbocycles. The van der Waals surface area contributed by atoms with Crippen molar-refractivity contribution >= 4 is 5.91 Å². The Morgan fingerprint density at radius 2 is 2.22 bits per heavy atom. The molecule has 0 radical (unpaired) electrons. The molecule has 0 aliphatic rings. The van der Waals surface area contributed by atoms with E-state index in [1.807, 2.05) is 39.2 Å². The summed E-state index contributed by atoms with van der Waals surface area (Å²) in [5, 5.41) is 7.18. The van der Waals surface area contributed by atoms with Gasteiger partial charge in [0.25, 0.3) is 5.91 Å². The SMILES string of the molecule is Cc1ccncc1C(=O)N[C@H](C)c1ccn(C)n1. The summed E-state index contributed by atoms with van der Waals surface area (Å²) in [5.74, 6) is -0.126. The summed E-state index contributed by atoms with van der Waals surface area (Å²) in [5.41, 5.74) is 2.35. The molecule has 94 valence electrons. The molecule has 0 saturated heterocycles. The summed E-state index contributed by atoms with van der Waals surface area (Å²) in [4.78, 5) is 16.0. The molecule has 2 heterocycles. The van der Waals surface area contributed by atoms with Gasteiger partial charge in [-0.3, -0.25) is 14.5 Å². The largest absolute Gasteiger partial charge is 0.344 e. The van der Waals surface area contributed by atoms with Crippen LogP contribution in [0.2, 0.25) is 0 Å². The van der Waals surface area contributed by atoms with E-state index < -0.39 is 0 Å². The predicted molar refractivity (Wildman–Crippen MR) is 68.1 cm³/mol. The molecule has 18 heavy (non-hydrogen) atoms. The molecule has 2 aromatic heterocycles. The number of rotatable bonds is 3. The summed E-state index contributed by atoms with van der Waals surface area (Å²) in [6, 6.07) is 3.58. The Balaban J connectivity index is 2.10. The fraction of sp³-hybridized carbons (Fsp3) is 0.308. The number of hydrogen-bond acceptors (Lipinski definition) is 3. The zero-order valence-electron chi connectivity index (χ0n) is 10.7. The molecular weight excluding hydrogens is 228 g/mol. The Hall–Kier alpha value is -2.17. The van der Waals surface area contributed by atoms with Gasteiger partial charge in [0.2, 0.25) is 0 Å². The van der Waals surface area contributed by atoms with Gasteiger partial charge in [-0.1, -0.05) is 0 Å². The van der Waals surface area contributed by atoms with E-state index in [4.69, 9.17) is 0 Å². The van der Waals surface area contributed by atoms with Crippen molar-refractivity contribution in [3.05, 3.63) is 47.5 Å². The fourth-order valence-electron chi connectivity index (χ4n) is 1.71. The number of carbonyl (C=O) groups excluding carboxylic acids is 1. The van der Waals surface area contributed by atoms with Gasteiger partial charge in [0, 0.05) is 25.6 Å². The van der Waals surface area contributed by atoms with Crippen LogP contribution < -0.4 is 5.32 Å². The molecule has 0 fully saturated rings. The summed E-state index contributed by atoms with van der Waals surface area (Å²) in [7, 11) is 1.85. The smallest absolute Gasteiger partial charge is 0.253 e. The molecule has 2 rings (SSSR count). The molecule has 1 amide bonds. The second-order valence-corrected chi connectivity index (χ2v) is 4.30. The third-order valence-electron chi connectivity index (χ3n) is 2.81. The van der Waals surface area contributed by atoms with Crippen LogP contribution in [0.3, 0.4) is 0 Å². The third kappa shape index (κ3) is 2.56. The standard InChI is InChI=1S/C13H16N4O/c1-9-4-6-14-8-11(9)13(18)15-10(2)12-5-7-17(3)16-12/h4-8,10H,1-3H3,(H,15,18)/t10-/m1/s1. The van der Waals surface area contributed by atoms with Gasteiger partial charge in [0.1, 0.15) is 0 Å². The summed E-state index contributed by atoms with van der Waals surface area (Å²) in [6.45, 7) is 3.80. The molecule has 0 spiro atoms. The van der Waals surface area contributed by atoms with Crippen LogP contribution in [0.25, 0.3) is 0 Å². The number of nitrogens with one attached hydrogen (secondary N) is 1. The number of amides is 1. The topological polar surface area (TPSA) is 59.8 Å². The van der Waals surface area contributed by atoms with Gasteiger partial charge in [-0.2, -0.15) is 5.10 Å². The molecule has 0 aliphatic carbocycles. The monoisotopic (exact) mass is 244 g/mol. The molecule has 0 unspecified atom stereocenters. The summed E-state index contributed by atoms with van der Waals surface area (Å²) >= 11 is 0. The number of nitrogens with zero attached hydrogens (tertiary/aromatic N) is 3. The highest BCUT2D eigenvalue weighted by Crippen LogP contribution is 2.11. The van der Waals surface area contributed by atoms with Gasteiger partial charge < -0.3 is 5.32 Å². The average Bonchev–Trinajstić information content (AvgIpc) is 2.76. The lowest BCUT2D eigenvalue weighted by molar-refractivity contribution is 0.0938. The van der Waals surface area contributed by atoms with Crippen molar-refractivity contribution in [1.29, 1.82) is 0 Å². The van der Waals surface area contributed by atoms with Crippen molar-refractivity contribution in [2.45, 2.75) is 19.9 Å². The van der Waals surface area contributed by atoms with Gasteiger partial charge in [-0.15, -0.1) is 0 Å². The van der Waals surface area contributed by atoms with Crippen LogP contribution in [0.5, 0.6) is 0 Å². The number of pyridine rings is 1. The number of aromatic nitrogens is 3. The van der Waals surface area contributed by atoms with Gasteiger partial charge in [0.05, 0.1) is 17.3 Å². The molecule has 5 heteroatoms. The van der Waals surface area contributed by atoms with E-state index in [0.29, 0.717) is 5.56 Å². The third-order valence-corrected chi connectivity index (χ3v) is 2.81. The fourth-order valence-corrected chi connectivity index (χ4v) is 1.71. The maximum atomic E-state index is 12.1. The first-order valence-electron chi connectivity index (χ1n) is 5.79. The minimum absolute atomic E-state index is 0.126.